The summed E-state index contributed by atoms with van der Waals surface area (Å²) in [6, 6.07) is 6.83. The quantitative estimate of drug-likeness (QED) is 0.330. The predicted molar refractivity (Wildman–Crippen MR) is 172 cm³/mol. The molecule has 2 fully saturated rings. The highest BCUT2D eigenvalue weighted by atomic mass is 16.6. The van der Waals surface area contributed by atoms with Crippen LogP contribution >= 0.6 is 0 Å². The first-order chi connectivity index (χ1) is 22.0. The third-order valence-electron chi connectivity index (χ3n) is 9.91. The van der Waals surface area contributed by atoms with E-state index in [1.807, 2.05) is 63.3 Å². The second kappa shape index (κ2) is 14.1. The van der Waals surface area contributed by atoms with Crippen LogP contribution in [0.25, 0.3) is 0 Å². The summed E-state index contributed by atoms with van der Waals surface area (Å²) in [5.74, 6) is -3.32. The lowest BCUT2D eigenvalue weighted by Crippen LogP contribution is -2.60. The molecule has 10 nitrogen and oxygen atoms in total. The number of allylic oxidation sites excluding steroid dienone is 1. The molecular weight excluding hydrogens is 586 g/mol. The van der Waals surface area contributed by atoms with Gasteiger partial charge in [-0.1, -0.05) is 81.8 Å². The number of esters is 1. The maximum Gasteiger partial charge on any atom is 0.313 e. The monoisotopic (exact) mass is 635 g/mol. The molecule has 5 bridgehead atoms. The van der Waals surface area contributed by atoms with Crippen molar-refractivity contribution >= 4 is 23.7 Å². The number of rotatable bonds is 8. The molecule has 2 saturated heterocycles. The van der Waals surface area contributed by atoms with E-state index < -0.39 is 53.7 Å². The Morgan fingerprint density at radius 2 is 1.80 bits per heavy atom. The van der Waals surface area contributed by atoms with Crippen molar-refractivity contribution < 1.29 is 33.8 Å². The van der Waals surface area contributed by atoms with Gasteiger partial charge in [0, 0.05) is 19.0 Å². The van der Waals surface area contributed by atoms with E-state index in [0.717, 1.165) is 12.8 Å². The van der Waals surface area contributed by atoms with Crippen LogP contribution in [0.3, 0.4) is 0 Å². The number of nitrogens with one attached hydrogen (secondary N) is 1. The van der Waals surface area contributed by atoms with Gasteiger partial charge in [-0.25, -0.2) is 0 Å². The first kappa shape index (κ1) is 33.9. The zero-order valence-corrected chi connectivity index (χ0v) is 27.6. The lowest BCUT2D eigenvalue weighted by molar-refractivity contribution is -0.162. The van der Waals surface area contributed by atoms with E-state index in [9.17, 15) is 24.3 Å². The number of hydrogen-bond acceptors (Lipinski definition) is 7. The van der Waals surface area contributed by atoms with Gasteiger partial charge in [-0.05, 0) is 44.6 Å². The number of carbonyl (C=O) groups excluding carboxylic acids is 4. The van der Waals surface area contributed by atoms with Crippen LogP contribution in [0.1, 0.15) is 78.4 Å². The molecule has 0 aliphatic carbocycles. The summed E-state index contributed by atoms with van der Waals surface area (Å²) in [6.45, 7) is 9.84. The smallest absolute Gasteiger partial charge is 0.313 e. The highest BCUT2D eigenvalue weighted by Gasteiger charge is 2.74. The normalized spacial score (nSPS) is 33.6. The average molecular weight is 636 g/mol. The standard InChI is InChI=1S/C36H49N3O7/c1-6-13-23(4)38-19-12-8-11-16-28(41)37-24(5)31(25-14-9-7-10-15-25)45-35(44)29-27-17-18-36(46-27)30(29)33(42)39(32(36)34(38)43)26(21-40)20-22(2)3/h7-10,12,14-15,17-18,22-24,26-27,29-32,40H,6,11,13,16,19-21H2,1-5H3,(H,37,41)/b12-8-/t23?,24-,26-,27+,29-,30-,31+,32+,36-/m1/s1. The minimum atomic E-state index is -1.38. The van der Waals surface area contributed by atoms with Crippen molar-refractivity contribution in [3.05, 3.63) is 60.2 Å². The summed E-state index contributed by atoms with van der Waals surface area (Å²) in [7, 11) is 0. The molecule has 250 valence electrons. The SMILES string of the molecule is CCCC(C)N1C/C=C\CCC(=O)N[C@H](C)[C@@H](c2ccccc2)OC(=O)[C@@H]2[C@@H]3C=C[C@]4(O3)[C@H](C1=O)N([C@@H](CO)CC(C)C)C(=O)[C@@H]24. The lowest BCUT2D eigenvalue weighted by Gasteiger charge is -2.40. The first-order valence-electron chi connectivity index (χ1n) is 16.8. The number of carbonyl (C=O) groups is 4. The number of amides is 3. The fraction of sp³-hybridized carbons (Fsp3) is 0.611. The van der Waals surface area contributed by atoms with Gasteiger partial charge < -0.3 is 29.7 Å². The third kappa shape index (κ3) is 6.26. The van der Waals surface area contributed by atoms with Crippen molar-refractivity contribution in [3.63, 3.8) is 0 Å². The number of cyclic esters (lactones) is 1. The van der Waals surface area contributed by atoms with Gasteiger partial charge in [0.05, 0.1) is 30.7 Å². The summed E-state index contributed by atoms with van der Waals surface area (Å²) < 4.78 is 12.8. The molecule has 1 spiro atoms. The molecule has 1 unspecified atom stereocenters. The maximum atomic E-state index is 14.8. The van der Waals surface area contributed by atoms with Crippen LogP contribution < -0.4 is 5.32 Å². The molecule has 3 amide bonds. The van der Waals surface area contributed by atoms with Crippen molar-refractivity contribution in [1.29, 1.82) is 0 Å². The maximum absolute atomic E-state index is 14.8. The Labute approximate surface area is 272 Å². The van der Waals surface area contributed by atoms with E-state index in [4.69, 9.17) is 9.47 Å². The minimum Gasteiger partial charge on any atom is -0.455 e. The summed E-state index contributed by atoms with van der Waals surface area (Å²) in [6.07, 6.45) is 8.59. The van der Waals surface area contributed by atoms with Crippen molar-refractivity contribution in [2.24, 2.45) is 17.8 Å². The predicted octanol–water partition coefficient (Wildman–Crippen LogP) is 3.70. The second-order valence-corrected chi connectivity index (χ2v) is 13.7. The van der Waals surface area contributed by atoms with Gasteiger partial charge in [0.2, 0.25) is 17.7 Å². The average Bonchev–Trinajstić information content (AvgIpc) is 3.67. The molecule has 4 aliphatic heterocycles. The molecule has 1 aromatic carbocycles. The van der Waals surface area contributed by atoms with E-state index in [1.54, 1.807) is 24.0 Å². The van der Waals surface area contributed by atoms with Crippen LogP contribution in [0.15, 0.2) is 54.6 Å². The van der Waals surface area contributed by atoms with Crippen LogP contribution in [0.4, 0.5) is 0 Å². The molecule has 4 heterocycles. The van der Waals surface area contributed by atoms with E-state index in [1.165, 1.54) is 4.90 Å². The molecule has 1 aromatic rings. The molecule has 0 aromatic heterocycles. The largest absolute Gasteiger partial charge is 0.455 e. The van der Waals surface area contributed by atoms with Crippen molar-refractivity contribution in [2.45, 2.75) is 109 Å². The topological polar surface area (TPSA) is 125 Å². The molecule has 4 aliphatic rings. The van der Waals surface area contributed by atoms with Gasteiger partial charge >= 0.3 is 5.97 Å². The van der Waals surface area contributed by atoms with E-state index >= 15 is 0 Å². The summed E-state index contributed by atoms with van der Waals surface area (Å²) >= 11 is 0. The molecule has 9 atom stereocenters. The molecule has 0 saturated carbocycles. The number of aliphatic hydroxyl groups is 1. The number of hydrogen-bond donors (Lipinski definition) is 2. The second-order valence-electron chi connectivity index (χ2n) is 13.7. The zero-order chi connectivity index (χ0) is 33.2. The third-order valence-corrected chi connectivity index (χ3v) is 9.91. The van der Waals surface area contributed by atoms with Gasteiger partial charge in [-0.2, -0.15) is 0 Å². The molecule has 0 radical (unpaired) electrons. The Morgan fingerprint density at radius 1 is 1.07 bits per heavy atom. The number of likely N-dealkylation sites (tertiary alicyclic amines) is 1. The van der Waals surface area contributed by atoms with E-state index in [-0.39, 0.29) is 42.7 Å². The first-order valence-corrected chi connectivity index (χ1v) is 16.8. The lowest BCUT2D eigenvalue weighted by atomic mass is 9.74. The van der Waals surface area contributed by atoms with Crippen LogP contribution in [-0.2, 0) is 28.7 Å². The number of fused-ring (bicyclic) bond motifs is 2. The number of aliphatic hydroxyl groups excluding tert-OH is 1. The Kier molecular flexibility index (Phi) is 10.4. The number of benzene rings is 1. The zero-order valence-electron chi connectivity index (χ0n) is 27.6. The van der Waals surface area contributed by atoms with Crippen LogP contribution in [0, 0.1) is 17.8 Å². The fourth-order valence-corrected chi connectivity index (χ4v) is 7.82. The summed E-state index contributed by atoms with van der Waals surface area (Å²) in [5, 5.41) is 13.6. The summed E-state index contributed by atoms with van der Waals surface area (Å²) in [5.41, 5.74) is -0.669. The highest BCUT2D eigenvalue weighted by Crippen LogP contribution is 2.56. The van der Waals surface area contributed by atoms with Gasteiger partial charge in [-0.3, -0.25) is 19.2 Å². The van der Waals surface area contributed by atoms with Gasteiger partial charge in [-0.15, -0.1) is 0 Å². The Hall–Kier alpha value is -3.50. The number of nitrogens with zero attached hydrogens (tertiary/aromatic N) is 2. The Bertz CT molecular complexity index is 1350. The van der Waals surface area contributed by atoms with Crippen molar-refractivity contribution in [3.8, 4) is 0 Å². The van der Waals surface area contributed by atoms with Crippen LogP contribution in [0.2, 0.25) is 0 Å². The van der Waals surface area contributed by atoms with Gasteiger partial charge in [0.25, 0.3) is 0 Å². The van der Waals surface area contributed by atoms with Gasteiger partial charge in [0.1, 0.15) is 23.7 Å². The van der Waals surface area contributed by atoms with Gasteiger partial charge in [0.15, 0.2) is 0 Å². The van der Waals surface area contributed by atoms with E-state index in [2.05, 4.69) is 12.2 Å². The van der Waals surface area contributed by atoms with Crippen LogP contribution in [-0.4, -0.2) is 87.6 Å². The van der Waals surface area contributed by atoms with Crippen LogP contribution in [0.5, 0.6) is 0 Å². The van der Waals surface area contributed by atoms with Crippen molar-refractivity contribution in [2.75, 3.05) is 13.2 Å². The number of ether oxygens (including phenoxy) is 2. The molecule has 2 N–H and O–H groups in total. The minimum absolute atomic E-state index is 0.138. The Balaban J connectivity index is 1.62. The van der Waals surface area contributed by atoms with E-state index in [0.29, 0.717) is 24.9 Å². The van der Waals surface area contributed by atoms with Crippen molar-refractivity contribution in [1.82, 2.24) is 15.1 Å². The highest BCUT2D eigenvalue weighted by molar-refractivity contribution is 5.99. The summed E-state index contributed by atoms with van der Waals surface area (Å²) in [4.78, 5) is 59.9. The molecule has 10 heteroatoms. The Morgan fingerprint density at radius 3 is 2.48 bits per heavy atom. The molecular formula is C36H49N3O7. The fourth-order valence-electron chi connectivity index (χ4n) is 7.82. The molecule has 5 rings (SSSR count). The molecule has 46 heavy (non-hydrogen) atoms.